The molecule has 0 atom stereocenters. The van der Waals surface area contributed by atoms with E-state index in [-0.39, 0.29) is 17.4 Å². The van der Waals surface area contributed by atoms with Crippen molar-refractivity contribution in [3.63, 3.8) is 0 Å². The Hall–Kier alpha value is -2.13. The molecule has 0 saturated heterocycles. The van der Waals surface area contributed by atoms with Crippen molar-refractivity contribution < 1.29 is 9.53 Å². The number of carbonyl (C=O) groups excluding carboxylic acids is 1. The molecule has 1 amide bonds. The molecule has 4 saturated carbocycles. The molecular weight excluding hydrogens is 370 g/mol. The Kier molecular flexibility index (Phi) is 5.41. The molecular formula is C27H33NO2. The van der Waals surface area contributed by atoms with E-state index >= 15 is 0 Å². The van der Waals surface area contributed by atoms with E-state index in [4.69, 9.17) is 4.74 Å². The third kappa shape index (κ3) is 3.58. The van der Waals surface area contributed by atoms with Gasteiger partial charge in [-0.05, 0) is 66.9 Å². The van der Waals surface area contributed by atoms with Crippen LogP contribution >= 0.6 is 0 Å². The summed E-state index contributed by atoms with van der Waals surface area (Å²) in [7, 11) is 1.87. The van der Waals surface area contributed by atoms with E-state index in [1.807, 2.05) is 19.2 Å². The van der Waals surface area contributed by atoms with Crippen molar-refractivity contribution in [2.45, 2.75) is 50.0 Å². The first-order valence-electron chi connectivity index (χ1n) is 11.6. The van der Waals surface area contributed by atoms with Crippen LogP contribution in [0.25, 0.3) is 0 Å². The van der Waals surface area contributed by atoms with Crippen LogP contribution in [0.4, 0.5) is 0 Å². The minimum atomic E-state index is -0.155. The first-order valence-corrected chi connectivity index (χ1v) is 11.6. The van der Waals surface area contributed by atoms with Crippen molar-refractivity contribution in [3.05, 3.63) is 71.8 Å². The van der Waals surface area contributed by atoms with Crippen LogP contribution < -0.4 is 5.32 Å². The average molecular weight is 404 g/mol. The Morgan fingerprint density at radius 1 is 0.900 bits per heavy atom. The third-order valence-electron chi connectivity index (χ3n) is 8.26. The van der Waals surface area contributed by atoms with Gasteiger partial charge in [-0.1, -0.05) is 60.7 Å². The van der Waals surface area contributed by atoms with Gasteiger partial charge in [-0.25, -0.2) is 0 Å². The van der Waals surface area contributed by atoms with Gasteiger partial charge in [-0.3, -0.25) is 4.79 Å². The first kappa shape index (κ1) is 19.8. The molecule has 30 heavy (non-hydrogen) atoms. The zero-order valence-electron chi connectivity index (χ0n) is 17.9. The third-order valence-corrected chi connectivity index (χ3v) is 8.26. The second-order valence-corrected chi connectivity index (χ2v) is 9.82. The van der Waals surface area contributed by atoms with Gasteiger partial charge in [0, 0.05) is 26.0 Å². The van der Waals surface area contributed by atoms with Crippen molar-refractivity contribution in [1.82, 2.24) is 5.32 Å². The second kappa shape index (κ2) is 8.19. The van der Waals surface area contributed by atoms with E-state index in [2.05, 4.69) is 53.8 Å². The zero-order valence-corrected chi connectivity index (χ0v) is 17.9. The molecule has 0 aliphatic heterocycles. The van der Waals surface area contributed by atoms with Crippen LogP contribution in [-0.4, -0.2) is 25.2 Å². The maximum Gasteiger partial charge on any atom is 0.221 e. The zero-order chi connectivity index (χ0) is 20.6. The standard InChI is InChI=1S/C27H33NO2/c1-30-27(23-13-19-12-20(15-23)16-24(27)14-19)18-28-26(29)17-25(21-8-4-2-5-9-21)22-10-6-3-7-11-22/h2-11,19-20,23-25H,12-18H2,1H3,(H,28,29). The van der Waals surface area contributed by atoms with E-state index < -0.39 is 0 Å². The summed E-state index contributed by atoms with van der Waals surface area (Å²) in [4.78, 5) is 13.1. The van der Waals surface area contributed by atoms with Crippen molar-refractivity contribution in [1.29, 1.82) is 0 Å². The predicted molar refractivity (Wildman–Crippen MR) is 119 cm³/mol. The lowest BCUT2D eigenvalue weighted by atomic mass is 9.49. The quantitative estimate of drug-likeness (QED) is 0.693. The van der Waals surface area contributed by atoms with Crippen LogP contribution in [0.3, 0.4) is 0 Å². The molecule has 6 rings (SSSR count). The highest BCUT2D eigenvalue weighted by molar-refractivity contribution is 5.77. The molecule has 4 aliphatic carbocycles. The summed E-state index contributed by atoms with van der Waals surface area (Å²) < 4.78 is 6.22. The van der Waals surface area contributed by atoms with Gasteiger partial charge in [-0.15, -0.1) is 0 Å². The largest absolute Gasteiger partial charge is 0.376 e. The highest BCUT2D eigenvalue weighted by atomic mass is 16.5. The van der Waals surface area contributed by atoms with Gasteiger partial charge in [0.2, 0.25) is 5.91 Å². The van der Waals surface area contributed by atoms with Gasteiger partial charge in [-0.2, -0.15) is 0 Å². The van der Waals surface area contributed by atoms with Crippen molar-refractivity contribution in [3.8, 4) is 0 Å². The number of amides is 1. The molecule has 158 valence electrons. The molecule has 0 heterocycles. The van der Waals surface area contributed by atoms with E-state index in [0.29, 0.717) is 24.8 Å². The van der Waals surface area contributed by atoms with Gasteiger partial charge in [0.25, 0.3) is 0 Å². The molecule has 1 N–H and O–H groups in total. The smallest absolute Gasteiger partial charge is 0.221 e. The van der Waals surface area contributed by atoms with E-state index in [9.17, 15) is 4.79 Å². The number of methoxy groups -OCH3 is 1. The highest BCUT2D eigenvalue weighted by Crippen LogP contribution is 2.59. The lowest BCUT2D eigenvalue weighted by Gasteiger charge is -2.60. The first-order chi connectivity index (χ1) is 14.7. The fourth-order valence-electron chi connectivity index (χ4n) is 6.97. The van der Waals surface area contributed by atoms with Crippen molar-refractivity contribution in [2.24, 2.45) is 23.7 Å². The predicted octanol–water partition coefficient (Wildman–Crippen LogP) is 5.17. The summed E-state index contributed by atoms with van der Waals surface area (Å²) in [6.07, 6.45) is 7.03. The SMILES string of the molecule is COC1(CNC(=O)CC(c2ccccc2)c2ccccc2)C2CC3CC(C2)CC1C3. The molecule has 2 aromatic rings. The molecule has 0 spiro atoms. The van der Waals surface area contributed by atoms with Crippen molar-refractivity contribution >= 4 is 5.91 Å². The molecule has 3 nitrogen and oxygen atoms in total. The highest BCUT2D eigenvalue weighted by Gasteiger charge is 2.57. The fraction of sp³-hybridized carbons (Fsp3) is 0.519. The van der Waals surface area contributed by atoms with Crippen LogP contribution in [0.5, 0.6) is 0 Å². The maximum atomic E-state index is 13.1. The summed E-state index contributed by atoms with van der Waals surface area (Å²) in [5, 5.41) is 3.31. The molecule has 4 fully saturated rings. The lowest BCUT2D eigenvalue weighted by Crippen LogP contribution is -2.63. The van der Waals surface area contributed by atoms with Crippen LogP contribution in [0, 0.1) is 23.7 Å². The van der Waals surface area contributed by atoms with Crippen LogP contribution in [0.15, 0.2) is 60.7 Å². The lowest BCUT2D eigenvalue weighted by molar-refractivity contribution is -0.188. The topological polar surface area (TPSA) is 38.3 Å². The summed E-state index contributed by atoms with van der Waals surface area (Å²) in [5.41, 5.74) is 2.22. The number of nitrogens with one attached hydrogen (secondary N) is 1. The Morgan fingerprint density at radius 3 is 1.87 bits per heavy atom. The van der Waals surface area contributed by atoms with Crippen LogP contribution in [-0.2, 0) is 9.53 Å². The average Bonchev–Trinajstić information content (AvgIpc) is 2.78. The number of benzene rings is 2. The minimum Gasteiger partial charge on any atom is -0.376 e. The Labute approximate surface area is 180 Å². The Morgan fingerprint density at radius 2 is 1.40 bits per heavy atom. The maximum absolute atomic E-state index is 13.1. The van der Waals surface area contributed by atoms with E-state index in [1.54, 1.807) is 0 Å². The second-order valence-electron chi connectivity index (χ2n) is 9.82. The van der Waals surface area contributed by atoms with Crippen molar-refractivity contribution in [2.75, 3.05) is 13.7 Å². The van der Waals surface area contributed by atoms with E-state index in [1.165, 1.54) is 43.2 Å². The molecule has 4 bridgehead atoms. The number of hydrogen-bond acceptors (Lipinski definition) is 2. The number of hydrogen-bond donors (Lipinski definition) is 1. The Balaban J connectivity index is 1.30. The molecule has 0 unspecified atom stereocenters. The molecule has 2 aromatic carbocycles. The summed E-state index contributed by atoms with van der Waals surface area (Å²) in [6.45, 7) is 0.660. The number of rotatable bonds is 7. The summed E-state index contributed by atoms with van der Waals surface area (Å²) in [6, 6.07) is 20.8. The van der Waals surface area contributed by atoms with E-state index in [0.717, 1.165) is 11.8 Å². The fourth-order valence-corrected chi connectivity index (χ4v) is 6.97. The van der Waals surface area contributed by atoms with Gasteiger partial charge in [0.1, 0.15) is 0 Å². The summed E-state index contributed by atoms with van der Waals surface area (Å²) >= 11 is 0. The summed E-state index contributed by atoms with van der Waals surface area (Å²) in [5.74, 6) is 3.21. The molecule has 4 aliphatic rings. The normalized spacial score (nSPS) is 31.8. The Bertz CT molecular complexity index is 795. The number of ether oxygens (including phenoxy) is 1. The minimum absolute atomic E-state index is 0.0735. The van der Waals surface area contributed by atoms with Gasteiger partial charge in [0.05, 0.1) is 5.60 Å². The van der Waals surface area contributed by atoms with Gasteiger partial charge >= 0.3 is 0 Å². The molecule has 0 radical (unpaired) electrons. The molecule has 3 heteroatoms. The van der Waals surface area contributed by atoms with Crippen LogP contribution in [0.2, 0.25) is 0 Å². The number of carbonyl (C=O) groups is 1. The molecule has 0 aromatic heterocycles. The van der Waals surface area contributed by atoms with Gasteiger partial charge in [0.15, 0.2) is 0 Å². The monoisotopic (exact) mass is 403 g/mol. The van der Waals surface area contributed by atoms with Crippen LogP contribution in [0.1, 0.15) is 55.6 Å². The van der Waals surface area contributed by atoms with Gasteiger partial charge < -0.3 is 10.1 Å².